The average molecular weight is 836 g/mol. The van der Waals surface area contributed by atoms with Crippen molar-refractivity contribution in [2.24, 2.45) is 0 Å². The Kier molecular flexibility index (Phi) is 5.16. The molecule has 4 heteroatoms. The molecule has 300 valence electrons. The molecule has 10 aromatic carbocycles. The highest BCUT2D eigenvalue weighted by Crippen LogP contribution is 2.56. The highest BCUT2D eigenvalue weighted by Gasteiger charge is 2.45. The van der Waals surface area contributed by atoms with Crippen molar-refractivity contribution in [2.45, 2.75) is 5.41 Å². The normalized spacial score (nSPS) is 16.5. The van der Waals surface area contributed by atoms with Gasteiger partial charge in [0.15, 0.2) is 11.2 Å². The Labute approximate surface area is 393 Å². The SMILES string of the molecule is [2H]c1c([2H])c([2H])c(C2(c3c([2H])c([2H])c(N(c4ccc(-c5ccccc5)cc4)c4cccc5c4oc4cc(-c6nc7ccccc7o6)c6ccccc6c45)c([2H])c3[2H])c3c([2H])c([2H])c([2H])c([2H])c3-c3c([2H])c([2H])c([2H])c([2H])c32)c([2H])c1[2H]. The number of furan rings is 1. The van der Waals surface area contributed by atoms with Gasteiger partial charge >= 0.3 is 0 Å². The molecule has 12 aromatic rings. The first-order chi connectivity index (χ1) is 38.8. The van der Waals surface area contributed by atoms with Crippen molar-refractivity contribution in [3.8, 4) is 33.7 Å². The fraction of sp³-hybridized carbons (Fsp3) is 0.0167. The van der Waals surface area contributed by atoms with Gasteiger partial charge in [-0.15, -0.1) is 0 Å². The summed E-state index contributed by atoms with van der Waals surface area (Å²) in [5, 5.41) is 2.88. The molecule has 64 heavy (non-hydrogen) atoms. The Bertz CT molecular complexity index is 4590. The van der Waals surface area contributed by atoms with Crippen molar-refractivity contribution < 1.29 is 32.1 Å². The predicted molar refractivity (Wildman–Crippen MR) is 262 cm³/mol. The smallest absolute Gasteiger partial charge is 0.228 e. The lowest BCUT2D eigenvalue weighted by Gasteiger charge is -2.34. The largest absolute Gasteiger partial charge is 0.454 e. The molecule has 0 spiro atoms. The third-order valence-corrected chi connectivity index (χ3v) is 11.9. The third-order valence-electron chi connectivity index (χ3n) is 11.9. The van der Waals surface area contributed by atoms with E-state index >= 15 is 0 Å². The van der Waals surface area contributed by atoms with E-state index in [0.717, 1.165) is 21.9 Å². The highest BCUT2D eigenvalue weighted by atomic mass is 16.3. The predicted octanol–water partition coefficient (Wildman–Crippen LogP) is 16.0. The summed E-state index contributed by atoms with van der Waals surface area (Å²) in [6.07, 6.45) is 0. The lowest BCUT2D eigenvalue weighted by Crippen LogP contribution is -2.28. The number of hydrogen-bond acceptors (Lipinski definition) is 4. The van der Waals surface area contributed by atoms with Gasteiger partial charge in [0.25, 0.3) is 0 Å². The number of nitrogens with zero attached hydrogens (tertiary/aromatic N) is 2. The Morgan fingerprint density at radius 1 is 0.453 bits per heavy atom. The van der Waals surface area contributed by atoms with E-state index in [4.69, 9.17) is 23.4 Å². The molecule has 1 aliphatic rings. The van der Waals surface area contributed by atoms with E-state index in [1.54, 1.807) is 24.3 Å². The van der Waals surface area contributed by atoms with Crippen LogP contribution in [0.5, 0.6) is 0 Å². The fourth-order valence-corrected chi connectivity index (χ4v) is 9.16. The molecule has 1 aliphatic carbocycles. The lowest BCUT2D eigenvalue weighted by atomic mass is 9.68. The lowest BCUT2D eigenvalue weighted by molar-refractivity contribution is 0.620. The number of rotatable bonds is 7. The molecule has 0 saturated heterocycles. The van der Waals surface area contributed by atoms with E-state index in [-0.39, 0.29) is 17.0 Å². The average Bonchev–Trinajstić information content (AvgIpc) is 2.37. The van der Waals surface area contributed by atoms with Gasteiger partial charge in [-0.3, -0.25) is 0 Å². The van der Waals surface area contributed by atoms with E-state index < -0.39 is 142 Å². The number of aromatic nitrogens is 1. The maximum absolute atomic E-state index is 10.3. The molecular weight excluding hydrogens is 781 g/mol. The first-order valence-electron chi connectivity index (χ1n) is 28.9. The molecule has 0 amide bonds. The molecule has 0 saturated carbocycles. The zero-order valence-corrected chi connectivity index (χ0v) is 33.3. The Balaban J connectivity index is 1.16. The maximum atomic E-state index is 10.3. The van der Waals surface area contributed by atoms with Crippen molar-refractivity contribution in [1.29, 1.82) is 0 Å². The van der Waals surface area contributed by atoms with Gasteiger partial charge in [0, 0.05) is 27.7 Å². The van der Waals surface area contributed by atoms with Crippen LogP contribution in [0.3, 0.4) is 0 Å². The summed E-state index contributed by atoms with van der Waals surface area (Å²) in [7, 11) is 0. The van der Waals surface area contributed by atoms with Crippen LogP contribution in [0.2, 0.25) is 0 Å². The van der Waals surface area contributed by atoms with E-state index in [1.807, 2.05) is 103 Å². The maximum Gasteiger partial charge on any atom is 0.228 e. The zero-order valence-electron chi connectivity index (χ0n) is 50.3. The Morgan fingerprint density at radius 2 is 1.08 bits per heavy atom. The standard InChI is InChI=1S/C60H38N2O2/c1-3-16-39(17-4-1)40-30-34-43(35-31-40)62(44-36-32-42(33-37-44)60(41-18-5-2-6-19-41)51-25-11-9-21-46(51)47-22-10-12-26-52(47)60)54-28-15-24-49-57-48-23-8-7-20-45(48)50(38-56(57)63-58(49)54)59-61-53-27-13-14-29-55(53)64-59/h1-38H/i2D,5D,6D,9D,10D,11D,12D,18D,19D,21D,22D,25D,26D,32D,33D,36D,37D. The van der Waals surface area contributed by atoms with Crippen LogP contribution in [-0.2, 0) is 5.41 Å². The minimum atomic E-state index is -2.99. The Hall–Kier alpha value is -8.47. The first kappa shape index (κ1) is 23.1. The quantitative estimate of drug-likeness (QED) is 0.160. The monoisotopic (exact) mass is 835 g/mol. The molecule has 0 N–H and O–H groups in total. The summed E-state index contributed by atoms with van der Waals surface area (Å²) in [6, 6.07) is 23.6. The minimum absolute atomic E-state index is 0.234. The van der Waals surface area contributed by atoms with Gasteiger partial charge in [-0.2, -0.15) is 0 Å². The molecule has 0 unspecified atom stereocenters. The molecule has 0 radical (unpaired) electrons. The first-order valence-corrected chi connectivity index (χ1v) is 20.4. The van der Waals surface area contributed by atoms with Gasteiger partial charge in [0.1, 0.15) is 11.1 Å². The molecular formula is C60H38N2O2. The molecule has 2 aromatic heterocycles. The summed E-state index contributed by atoms with van der Waals surface area (Å²) in [6.45, 7) is 0. The van der Waals surface area contributed by atoms with E-state index in [9.17, 15) is 13.7 Å². The zero-order chi connectivity index (χ0) is 57.0. The molecule has 0 atom stereocenters. The number of oxazole rings is 1. The van der Waals surface area contributed by atoms with Gasteiger partial charge in [-0.1, -0.05) is 182 Å². The van der Waals surface area contributed by atoms with Crippen molar-refractivity contribution >= 4 is 60.9 Å². The molecule has 2 heterocycles. The van der Waals surface area contributed by atoms with Gasteiger partial charge in [-0.05, 0) is 104 Å². The van der Waals surface area contributed by atoms with Gasteiger partial charge < -0.3 is 13.7 Å². The molecule has 4 nitrogen and oxygen atoms in total. The summed E-state index contributed by atoms with van der Waals surface area (Å²) >= 11 is 0. The van der Waals surface area contributed by atoms with Crippen LogP contribution in [0, 0.1) is 0 Å². The minimum Gasteiger partial charge on any atom is -0.454 e. The van der Waals surface area contributed by atoms with Crippen LogP contribution in [0.15, 0.2) is 239 Å². The second kappa shape index (κ2) is 14.3. The second-order valence-corrected chi connectivity index (χ2v) is 15.3. The van der Waals surface area contributed by atoms with Crippen molar-refractivity contribution in [3.63, 3.8) is 0 Å². The molecule has 0 bridgehead atoms. The molecule has 0 aliphatic heterocycles. The van der Waals surface area contributed by atoms with Crippen molar-refractivity contribution in [1.82, 2.24) is 4.98 Å². The van der Waals surface area contributed by atoms with E-state index in [1.165, 1.54) is 4.90 Å². The van der Waals surface area contributed by atoms with Gasteiger partial charge in [0.05, 0.1) is 34.4 Å². The summed E-state index contributed by atoms with van der Waals surface area (Å²) in [4.78, 5) is 6.29. The van der Waals surface area contributed by atoms with Crippen LogP contribution < -0.4 is 4.90 Å². The number of fused-ring (bicyclic) bond motifs is 9. The van der Waals surface area contributed by atoms with Crippen molar-refractivity contribution in [3.05, 3.63) is 252 Å². The van der Waals surface area contributed by atoms with Crippen LogP contribution in [0.25, 0.3) is 77.5 Å². The summed E-state index contributed by atoms with van der Waals surface area (Å²) in [5.74, 6) is 0.346. The van der Waals surface area contributed by atoms with Crippen LogP contribution in [0.1, 0.15) is 45.6 Å². The van der Waals surface area contributed by atoms with Crippen LogP contribution in [-0.4, -0.2) is 4.98 Å². The topological polar surface area (TPSA) is 42.4 Å². The third kappa shape index (κ3) is 5.39. The number of anilines is 3. The second-order valence-electron chi connectivity index (χ2n) is 15.3. The number of hydrogen-bond donors (Lipinski definition) is 0. The molecule has 0 fully saturated rings. The van der Waals surface area contributed by atoms with Gasteiger partial charge in [-0.25, -0.2) is 4.98 Å². The number of benzene rings is 10. The molecule has 13 rings (SSSR count). The highest BCUT2D eigenvalue weighted by molar-refractivity contribution is 6.23. The Morgan fingerprint density at radius 3 is 1.83 bits per heavy atom. The van der Waals surface area contributed by atoms with Crippen LogP contribution >= 0.6 is 0 Å². The van der Waals surface area contributed by atoms with Crippen LogP contribution in [0.4, 0.5) is 17.1 Å². The van der Waals surface area contributed by atoms with Crippen molar-refractivity contribution in [2.75, 3.05) is 4.90 Å². The number of para-hydroxylation sites is 3. The van der Waals surface area contributed by atoms with E-state index in [0.29, 0.717) is 44.6 Å². The summed E-state index contributed by atoms with van der Waals surface area (Å²) in [5.41, 5.74) is -2.67. The fourth-order valence-electron chi connectivity index (χ4n) is 9.16. The summed E-state index contributed by atoms with van der Waals surface area (Å²) < 4.78 is 173. The van der Waals surface area contributed by atoms with Gasteiger partial charge in [0.2, 0.25) is 5.89 Å². The van der Waals surface area contributed by atoms with E-state index in [2.05, 4.69) is 0 Å².